The van der Waals surface area contributed by atoms with Gasteiger partial charge in [-0.3, -0.25) is 4.79 Å². The van der Waals surface area contributed by atoms with Crippen LogP contribution in [0.3, 0.4) is 0 Å². The molecule has 0 spiro atoms. The number of nitrogens with one attached hydrogen (secondary N) is 2. The van der Waals surface area contributed by atoms with E-state index in [1.165, 1.54) is 10.9 Å². The molecule has 0 aliphatic heterocycles. The third kappa shape index (κ3) is 3.64. The number of hydrogen-bond acceptors (Lipinski definition) is 2. The van der Waals surface area contributed by atoms with E-state index in [9.17, 15) is 4.79 Å². The van der Waals surface area contributed by atoms with Crippen molar-refractivity contribution in [1.29, 1.82) is 0 Å². The second-order valence-electron chi connectivity index (χ2n) is 6.21. The van der Waals surface area contributed by atoms with Crippen molar-refractivity contribution in [3.05, 3.63) is 36.0 Å². The third-order valence-corrected chi connectivity index (χ3v) is 3.81. The minimum atomic E-state index is 0.112. The minimum absolute atomic E-state index is 0.112. The van der Waals surface area contributed by atoms with Gasteiger partial charge in [-0.2, -0.15) is 0 Å². The maximum absolute atomic E-state index is 12.0. The molecule has 0 atom stereocenters. The molecule has 1 aliphatic rings. The first-order chi connectivity index (χ1) is 10.1. The van der Waals surface area contributed by atoms with Crippen LogP contribution >= 0.6 is 0 Å². The van der Waals surface area contributed by atoms with Gasteiger partial charge >= 0.3 is 0 Å². The van der Waals surface area contributed by atoms with Gasteiger partial charge in [-0.15, -0.1) is 0 Å². The molecule has 21 heavy (non-hydrogen) atoms. The fourth-order valence-corrected chi connectivity index (χ4v) is 2.46. The monoisotopic (exact) mass is 285 g/mol. The lowest BCUT2D eigenvalue weighted by atomic mass is 10.1. The summed E-state index contributed by atoms with van der Waals surface area (Å²) < 4.78 is 2.03. The van der Waals surface area contributed by atoms with Gasteiger partial charge in [-0.05, 0) is 35.9 Å². The number of carbonyl (C=O) groups excluding carboxylic acids is 1. The number of rotatable bonds is 6. The van der Waals surface area contributed by atoms with E-state index in [1.54, 1.807) is 0 Å². The average molecular weight is 285 g/mol. The van der Waals surface area contributed by atoms with Gasteiger partial charge in [0.15, 0.2) is 0 Å². The van der Waals surface area contributed by atoms with Crippen LogP contribution in [0.4, 0.5) is 0 Å². The van der Waals surface area contributed by atoms with Crippen molar-refractivity contribution in [2.75, 3.05) is 0 Å². The first-order valence-corrected chi connectivity index (χ1v) is 7.72. The number of amides is 1. The molecule has 1 fully saturated rings. The minimum Gasteiger partial charge on any atom is -0.352 e. The van der Waals surface area contributed by atoms with E-state index in [1.807, 2.05) is 10.8 Å². The first-order valence-electron chi connectivity index (χ1n) is 7.72. The van der Waals surface area contributed by atoms with Crippen molar-refractivity contribution in [2.24, 2.45) is 0 Å². The zero-order chi connectivity index (χ0) is 14.8. The maximum atomic E-state index is 12.0. The maximum Gasteiger partial charge on any atom is 0.240 e. The van der Waals surface area contributed by atoms with Gasteiger partial charge in [0.1, 0.15) is 6.54 Å². The molecule has 4 nitrogen and oxygen atoms in total. The molecule has 1 aliphatic carbocycles. The lowest BCUT2D eigenvalue weighted by molar-refractivity contribution is -0.121. The Labute approximate surface area is 125 Å². The summed E-state index contributed by atoms with van der Waals surface area (Å²) in [6.45, 7) is 5.54. The fourth-order valence-electron chi connectivity index (χ4n) is 2.46. The molecule has 112 valence electrons. The Morgan fingerprint density at radius 3 is 2.86 bits per heavy atom. The SMILES string of the molecule is CC(C)NCc1ccc2ccn(CC(=O)NC3CC3)c2c1. The topological polar surface area (TPSA) is 46.1 Å². The van der Waals surface area contributed by atoms with Crippen LogP contribution in [0.5, 0.6) is 0 Å². The fraction of sp³-hybridized carbons (Fsp3) is 0.471. The Bertz CT molecular complexity index is 641. The normalized spacial score (nSPS) is 14.8. The zero-order valence-corrected chi connectivity index (χ0v) is 12.7. The number of hydrogen-bond donors (Lipinski definition) is 2. The van der Waals surface area contributed by atoms with Crippen LogP contribution in [0, 0.1) is 0 Å². The summed E-state index contributed by atoms with van der Waals surface area (Å²) in [5, 5.41) is 7.65. The number of benzene rings is 1. The lowest BCUT2D eigenvalue weighted by Crippen LogP contribution is -2.29. The molecule has 1 heterocycles. The molecule has 4 heteroatoms. The van der Waals surface area contributed by atoms with Crippen molar-refractivity contribution in [2.45, 2.75) is 51.9 Å². The van der Waals surface area contributed by atoms with E-state index in [0.717, 1.165) is 24.9 Å². The molecular formula is C17H23N3O. The molecule has 0 bridgehead atoms. The van der Waals surface area contributed by atoms with Gasteiger partial charge in [0.05, 0.1) is 0 Å². The van der Waals surface area contributed by atoms with Gasteiger partial charge < -0.3 is 15.2 Å². The van der Waals surface area contributed by atoms with Gasteiger partial charge in [0, 0.05) is 30.3 Å². The van der Waals surface area contributed by atoms with E-state index in [4.69, 9.17) is 0 Å². The number of carbonyl (C=O) groups is 1. The summed E-state index contributed by atoms with van der Waals surface area (Å²) in [5.74, 6) is 0.112. The highest BCUT2D eigenvalue weighted by Crippen LogP contribution is 2.20. The van der Waals surface area contributed by atoms with Gasteiger partial charge in [0.2, 0.25) is 5.91 Å². The smallest absolute Gasteiger partial charge is 0.240 e. The predicted octanol–water partition coefficient (Wildman–Crippen LogP) is 2.42. The summed E-state index contributed by atoms with van der Waals surface area (Å²) >= 11 is 0. The number of aromatic nitrogens is 1. The van der Waals surface area contributed by atoms with Crippen molar-refractivity contribution in [3.8, 4) is 0 Å². The summed E-state index contributed by atoms with van der Waals surface area (Å²) in [6, 6.07) is 9.41. The molecular weight excluding hydrogens is 262 g/mol. The Morgan fingerprint density at radius 1 is 1.33 bits per heavy atom. The van der Waals surface area contributed by atoms with E-state index in [2.05, 4.69) is 48.7 Å². The van der Waals surface area contributed by atoms with Crippen LogP contribution in [0.15, 0.2) is 30.5 Å². The molecule has 1 aromatic carbocycles. The molecule has 3 rings (SSSR count). The molecule has 1 saturated carbocycles. The van der Waals surface area contributed by atoms with E-state index in [-0.39, 0.29) is 5.91 Å². The predicted molar refractivity (Wildman–Crippen MR) is 85.1 cm³/mol. The molecule has 0 radical (unpaired) electrons. The first kappa shape index (κ1) is 14.1. The molecule has 0 saturated heterocycles. The van der Waals surface area contributed by atoms with Gasteiger partial charge in [-0.25, -0.2) is 0 Å². The van der Waals surface area contributed by atoms with Crippen LogP contribution in [-0.2, 0) is 17.9 Å². The zero-order valence-electron chi connectivity index (χ0n) is 12.7. The number of fused-ring (bicyclic) bond motifs is 1. The van der Waals surface area contributed by atoms with Gasteiger partial charge in [-0.1, -0.05) is 26.0 Å². The summed E-state index contributed by atoms with van der Waals surface area (Å²) in [6.07, 6.45) is 4.25. The Kier molecular flexibility index (Phi) is 3.97. The molecule has 1 aromatic heterocycles. The van der Waals surface area contributed by atoms with Crippen LogP contribution in [0.1, 0.15) is 32.3 Å². The molecule has 2 aromatic rings. The highest BCUT2D eigenvalue weighted by molar-refractivity contribution is 5.84. The van der Waals surface area contributed by atoms with Crippen molar-refractivity contribution in [1.82, 2.24) is 15.2 Å². The second kappa shape index (κ2) is 5.90. The second-order valence-corrected chi connectivity index (χ2v) is 6.21. The molecule has 2 N–H and O–H groups in total. The van der Waals surface area contributed by atoms with Gasteiger partial charge in [0.25, 0.3) is 0 Å². The number of nitrogens with zero attached hydrogens (tertiary/aromatic N) is 1. The summed E-state index contributed by atoms with van der Waals surface area (Å²) in [5.41, 5.74) is 2.38. The van der Waals surface area contributed by atoms with E-state index in [0.29, 0.717) is 18.6 Å². The Morgan fingerprint density at radius 2 is 2.14 bits per heavy atom. The van der Waals surface area contributed by atoms with Crippen LogP contribution in [-0.4, -0.2) is 22.6 Å². The third-order valence-electron chi connectivity index (χ3n) is 3.81. The van der Waals surface area contributed by atoms with E-state index < -0.39 is 0 Å². The quantitative estimate of drug-likeness (QED) is 0.856. The van der Waals surface area contributed by atoms with Crippen LogP contribution in [0.25, 0.3) is 10.9 Å². The molecule has 1 amide bonds. The summed E-state index contributed by atoms with van der Waals surface area (Å²) in [7, 11) is 0. The highest BCUT2D eigenvalue weighted by atomic mass is 16.2. The Balaban J connectivity index is 1.74. The van der Waals surface area contributed by atoms with E-state index >= 15 is 0 Å². The molecule has 0 unspecified atom stereocenters. The van der Waals surface area contributed by atoms with Crippen molar-refractivity contribution >= 4 is 16.8 Å². The standard InChI is InChI=1S/C17H23N3O/c1-12(2)18-10-13-3-4-14-7-8-20(16(14)9-13)11-17(21)19-15-5-6-15/h3-4,7-9,12,15,18H,5-6,10-11H2,1-2H3,(H,19,21). The largest absolute Gasteiger partial charge is 0.352 e. The Hall–Kier alpha value is -1.81. The lowest BCUT2D eigenvalue weighted by Gasteiger charge is -2.10. The summed E-state index contributed by atoms with van der Waals surface area (Å²) in [4.78, 5) is 12.0. The van der Waals surface area contributed by atoms with Crippen LogP contribution in [0.2, 0.25) is 0 Å². The average Bonchev–Trinajstić information content (AvgIpc) is 3.17. The van der Waals surface area contributed by atoms with Crippen molar-refractivity contribution < 1.29 is 4.79 Å². The highest BCUT2D eigenvalue weighted by Gasteiger charge is 2.23. The van der Waals surface area contributed by atoms with Crippen molar-refractivity contribution in [3.63, 3.8) is 0 Å². The van der Waals surface area contributed by atoms with Crippen LogP contribution < -0.4 is 10.6 Å².